The number of hydrogen-bond acceptors (Lipinski definition) is 4. The first-order valence-corrected chi connectivity index (χ1v) is 6.84. The maximum absolute atomic E-state index is 12.4. The van der Waals surface area contributed by atoms with E-state index in [0.29, 0.717) is 0 Å². The number of rotatable bonds is 4. The largest absolute Gasteiger partial charge is 1.00 e. The Morgan fingerprint density at radius 2 is 0.773 bits per heavy atom. The van der Waals surface area contributed by atoms with Crippen LogP contribution in [0.15, 0.2) is 0 Å². The molecule has 0 unspecified atom stereocenters. The molecule has 0 saturated heterocycles. The van der Waals surface area contributed by atoms with Gasteiger partial charge in [0.25, 0.3) is 20.0 Å². The first-order chi connectivity index (χ1) is 8.71. The number of alkyl halides is 10. The standard InChI is InChI=1S/C4HF10NO4S2.Li.H/c5-1(6,7)3(11,12)20(16,17)15-21(18,19)4(13,14)2(8,9)10;;/h15H;;/q;+1;-1. The van der Waals surface area contributed by atoms with E-state index in [1.807, 2.05) is 0 Å². The third-order valence-electron chi connectivity index (χ3n) is 1.55. The molecule has 0 aliphatic carbocycles. The summed E-state index contributed by atoms with van der Waals surface area (Å²) in [6.07, 6.45) is -13.9. The fraction of sp³-hybridized carbons (Fsp3) is 1.00. The zero-order chi connectivity index (χ0) is 17.7. The molecule has 1 N–H and O–H groups in total. The summed E-state index contributed by atoms with van der Waals surface area (Å²) in [5.41, 5.74) is 0. The summed E-state index contributed by atoms with van der Waals surface area (Å²) < 4.78 is 160. The molecule has 0 aliphatic heterocycles. The Labute approximate surface area is 128 Å². The first-order valence-electron chi connectivity index (χ1n) is 3.87. The van der Waals surface area contributed by atoms with Gasteiger partial charge in [-0.2, -0.15) is 43.9 Å². The summed E-state index contributed by atoms with van der Waals surface area (Å²) in [5.74, 6) is 0. The molecule has 0 atom stereocenters. The van der Waals surface area contributed by atoms with Gasteiger partial charge in [0.15, 0.2) is 0 Å². The van der Waals surface area contributed by atoms with Gasteiger partial charge < -0.3 is 1.43 Å². The summed E-state index contributed by atoms with van der Waals surface area (Å²) in [4.78, 5) is 0. The Kier molecular flexibility index (Phi) is 6.55. The van der Waals surface area contributed by atoms with Crippen molar-refractivity contribution in [3.05, 3.63) is 0 Å². The maximum Gasteiger partial charge on any atom is 1.00 e. The van der Waals surface area contributed by atoms with E-state index in [1.165, 1.54) is 0 Å². The summed E-state index contributed by atoms with van der Waals surface area (Å²) in [6.45, 7) is 0. The molecule has 0 amide bonds. The molecule has 0 heterocycles. The molecule has 0 fully saturated rings. The number of nitrogens with one attached hydrogen (secondary N) is 1. The van der Waals surface area contributed by atoms with Gasteiger partial charge in [-0.05, 0) is 0 Å². The fourth-order valence-corrected chi connectivity index (χ4v) is 3.16. The second kappa shape index (κ2) is 6.00. The number of halogens is 10. The average molecular weight is 389 g/mol. The van der Waals surface area contributed by atoms with Crippen molar-refractivity contribution in [2.75, 3.05) is 0 Å². The van der Waals surface area contributed by atoms with Crippen molar-refractivity contribution in [1.29, 1.82) is 0 Å². The van der Waals surface area contributed by atoms with Crippen LogP contribution in [0.2, 0.25) is 0 Å². The van der Waals surface area contributed by atoms with Gasteiger partial charge in [0.1, 0.15) is 0 Å². The summed E-state index contributed by atoms with van der Waals surface area (Å²) in [7, 11) is -15.0. The fourth-order valence-electron chi connectivity index (χ4n) is 0.554. The zero-order valence-electron chi connectivity index (χ0n) is 10.7. The van der Waals surface area contributed by atoms with E-state index in [4.69, 9.17) is 0 Å². The van der Waals surface area contributed by atoms with Crippen LogP contribution in [-0.2, 0) is 20.0 Å². The van der Waals surface area contributed by atoms with Crippen LogP contribution in [0.25, 0.3) is 0 Å². The van der Waals surface area contributed by atoms with E-state index in [-0.39, 0.29) is 20.3 Å². The summed E-state index contributed by atoms with van der Waals surface area (Å²) in [5, 5.41) is -13.9. The van der Waals surface area contributed by atoms with Gasteiger partial charge in [-0.25, -0.2) is 16.8 Å². The Bertz CT molecular complexity index is 556. The van der Waals surface area contributed by atoms with Gasteiger partial charge in [-0.15, -0.1) is 0 Å². The molecule has 0 rings (SSSR count). The van der Waals surface area contributed by atoms with E-state index in [9.17, 15) is 60.7 Å². The molecule has 0 aromatic heterocycles. The average Bonchev–Trinajstić information content (AvgIpc) is 2.11. The molecule has 0 aliphatic rings. The minimum atomic E-state index is -7.49. The summed E-state index contributed by atoms with van der Waals surface area (Å²) >= 11 is 0. The van der Waals surface area contributed by atoms with Gasteiger partial charge >= 0.3 is 41.7 Å². The van der Waals surface area contributed by atoms with E-state index >= 15 is 0 Å². The smallest absolute Gasteiger partial charge is 1.00 e. The topological polar surface area (TPSA) is 80.3 Å². The number of sulfonamides is 2. The van der Waals surface area contributed by atoms with Crippen LogP contribution in [0.1, 0.15) is 1.43 Å². The zero-order valence-corrected chi connectivity index (χ0v) is 11.4. The van der Waals surface area contributed by atoms with Crippen molar-refractivity contribution < 1.29 is 81.0 Å². The molecule has 22 heavy (non-hydrogen) atoms. The van der Waals surface area contributed by atoms with Gasteiger partial charge in [0, 0.05) is 0 Å². The molecule has 0 aromatic rings. The molecule has 0 spiro atoms. The van der Waals surface area contributed by atoms with E-state index in [2.05, 4.69) is 0 Å². The number of hydrogen-bond donors (Lipinski definition) is 1. The third kappa shape index (κ3) is 3.99. The van der Waals surface area contributed by atoms with Crippen molar-refractivity contribution >= 4 is 20.0 Å². The molecule has 130 valence electrons. The van der Waals surface area contributed by atoms with Crippen LogP contribution in [0.4, 0.5) is 43.9 Å². The molecule has 0 radical (unpaired) electrons. The van der Waals surface area contributed by atoms with Crippen LogP contribution in [0.5, 0.6) is 0 Å². The quantitative estimate of drug-likeness (QED) is 0.477. The third-order valence-corrected chi connectivity index (χ3v) is 5.12. The Balaban J connectivity index is -0.00000200. The molecular weight excluding hydrogens is 387 g/mol. The second-order valence-electron chi connectivity index (χ2n) is 3.12. The normalized spacial score (nSPS) is 15.4. The van der Waals surface area contributed by atoms with Crippen molar-refractivity contribution in [2.45, 2.75) is 22.9 Å². The van der Waals surface area contributed by atoms with Crippen molar-refractivity contribution in [3.63, 3.8) is 0 Å². The van der Waals surface area contributed by atoms with Crippen LogP contribution in [0.3, 0.4) is 0 Å². The van der Waals surface area contributed by atoms with Crippen molar-refractivity contribution in [3.8, 4) is 0 Å². The molecule has 5 nitrogen and oxygen atoms in total. The van der Waals surface area contributed by atoms with Gasteiger partial charge in [-0.1, -0.05) is 4.13 Å². The van der Waals surface area contributed by atoms with E-state index in [1.54, 1.807) is 0 Å². The predicted molar refractivity (Wildman–Crippen MR) is 44.1 cm³/mol. The maximum atomic E-state index is 12.4. The Morgan fingerprint density at radius 1 is 0.591 bits per heavy atom. The van der Waals surface area contributed by atoms with Crippen LogP contribution in [-0.4, -0.2) is 39.7 Å². The van der Waals surface area contributed by atoms with E-state index in [0.717, 1.165) is 0 Å². The molecule has 0 saturated carbocycles. The second-order valence-corrected chi connectivity index (χ2v) is 6.83. The van der Waals surface area contributed by atoms with Crippen molar-refractivity contribution in [1.82, 2.24) is 4.13 Å². The first kappa shape index (κ1) is 24.0. The monoisotopic (exact) mass is 389 g/mol. The van der Waals surface area contributed by atoms with Crippen LogP contribution in [0, 0.1) is 0 Å². The van der Waals surface area contributed by atoms with E-state index < -0.39 is 47.0 Å². The predicted octanol–water partition coefficient (Wildman–Crippen LogP) is -1.34. The Hall–Kier alpha value is -0.243. The SMILES string of the molecule is O=S(=O)(NS(=O)(=O)C(F)(F)C(F)(F)F)C(F)(F)C(F)(F)F.[H-].[Li+]. The molecule has 18 heteroatoms. The van der Waals surface area contributed by atoms with Gasteiger partial charge in [0.2, 0.25) is 0 Å². The molecular formula is C4H2F10LiNO4S2. The minimum absolute atomic E-state index is 0. The van der Waals surface area contributed by atoms with Gasteiger partial charge in [-0.3, -0.25) is 0 Å². The summed E-state index contributed by atoms with van der Waals surface area (Å²) in [6, 6.07) is 0. The minimum Gasteiger partial charge on any atom is -1.00 e. The molecule has 0 bridgehead atoms. The van der Waals surface area contributed by atoms with Crippen LogP contribution >= 0.6 is 0 Å². The Morgan fingerprint density at radius 3 is 0.909 bits per heavy atom. The molecule has 0 aromatic carbocycles. The van der Waals surface area contributed by atoms with Crippen molar-refractivity contribution in [2.24, 2.45) is 0 Å². The van der Waals surface area contributed by atoms with Crippen LogP contribution < -0.4 is 23.0 Å². The van der Waals surface area contributed by atoms with Gasteiger partial charge in [0.05, 0.1) is 0 Å².